The first-order valence-corrected chi connectivity index (χ1v) is 9.56. The van der Waals surface area contributed by atoms with Crippen molar-refractivity contribution in [3.05, 3.63) is 11.7 Å². The Bertz CT molecular complexity index is 529. The summed E-state index contributed by atoms with van der Waals surface area (Å²) < 4.78 is 10.7. The molecule has 1 aromatic rings. The third-order valence-corrected chi connectivity index (χ3v) is 4.76. The summed E-state index contributed by atoms with van der Waals surface area (Å²) in [6.45, 7) is 10.0. The van der Waals surface area contributed by atoms with E-state index in [0.717, 1.165) is 45.2 Å². The van der Waals surface area contributed by atoms with E-state index in [4.69, 9.17) is 14.3 Å². The lowest BCUT2D eigenvalue weighted by Gasteiger charge is -2.27. The zero-order chi connectivity index (χ0) is 18.0. The van der Waals surface area contributed by atoms with Crippen molar-refractivity contribution in [1.29, 1.82) is 0 Å². The lowest BCUT2D eigenvalue weighted by molar-refractivity contribution is 0.107. The average molecular weight is 479 g/mol. The molecule has 1 aliphatic carbocycles. The van der Waals surface area contributed by atoms with Gasteiger partial charge in [-0.1, -0.05) is 18.0 Å². The third-order valence-electron chi connectivity index (χ3n) is 4.76. The predicted octanol–water partition coefficient (Wildman–Crippen LogP) is 3.08. The van der Waals surface area contributed by atoms with E-state index in [-0.39, 0.29) is 24.0 Å². The molecule has 0 saturated heterocycles. The number of aliphatic imine (C=N–C) groups is 1. The molecule has 0 aliphatic heterocycles. The summed E-state index contributed by atoms with van der Waals surface area (Å²) in [5, 5.41) is 10.5. The van der Waals surface area contributed by atoms with Crippen LogP contribution in [-0.2, 0) is 11.2 Å². The van der Waals surface area contributed by atoms with Crippen LogP contribution < -0.4 is 10.6 Å². The molecule has 1 saturated carbocycles. The number of nitrogens with one attached hydrogen (secondary N) is 2. The lowest BCUT2D eigenvalue weighted by atomic mass is 9.83. The summed E-state index contributed by atoms with van der Waals surface area (Å²) in [6.07, 6.45) is 6.92. The molecule has 1 fully saturated rings. The van der Waals surface area contributed by atoms with Gasteiger partial charge in [-0.15, -0.1) is 24.0 Å². The summed E-state index contributed by atoms with van der Waals surface area (Å²) >= 11 is 0. The van der Waals surface area contributed by atoms with Crippen LogP contribution >= 0.6 is 24.0 Å². The number of guanidine groups is 1. The van der Waals surface area contributed by atoms with Gasteiger partial charge < -0.3 is 19.9 Å². The normalized spacial score (nSPS) is 16.3. The Hall–Kier alpha value is -0.900. The van der Waals surface area contributed by atoms with Gasteiger partial charge in [0, 0.05) is 39.3 Å². The molecule has 1 heterocycles. The molecule has 150 valence electrons. The van der Waals surface area contributed by atoms with Gasteiger partial charge in [0.2, 0.25) is 5.89 Å². The Morgan fingerprint density at radius 3 is 2.65 bits per heavy atom. The van der Waals surface area contributed by atoms with Crippen molar-refractivity contribution < 1.29 is 9.26 Å². The van der Waals surface area contributed by atoms with Crippen LogP contribution in [-0.4, -0.2) is 48.9 Å². The fraction of sp³-hybridized carbons (Fsp3) is 0.833. The maximum atomic E-state index is 5.59. The van der Waals surface area contributed by atoms with Crippen LogP contribution in [0.1, 0.15) is 57.7 Å². The fourth-order valence-electron chi connectivity index (χ4n) is 3.36. The first-order chi connectivity index (χ1) is 12.2. The van der Waals surface area contributed by atoms with Crippen LogP contribution in [0.25, 0.3) is 0 Å². The van der Waals surface area contributed by atoms with Gasteiger partial charge in [0.1, 0.15) is 0 Å². The lowest BCUT2D eigenvalue weighted by Crippen LogP contribution is -2.39. The van der Waals surface area contributed by atoms with Gasteiger partial charge in [0.25, 0.3) is 0 Å². The van der Waals surface area contributed by atoms with Gasteiger partial charge in [0.15, 0.2) is 11.8 Å². The van der Waals surface area contributed by atoms with Crippen LogP contribution in [0, 0.1) is 12.3 Å². The van der Waals surface area contributed by atoms with Crippen molar-refractivity contribution in [2.24, 2.45) is 10.4 Å². The molecular weight excluding hydrogens is 445 g/mol. The maximum Gasteiger partial charge on any atom is 0.228 e. The number of ether oxygens (including phenoxy) is 1. The van der Waals surface area contributed by atoms with Gasteiger partial charge in [-0.25, -0.2) is 0 Å². The van der Waals surface area contributed by atoms with E-state index in [0.29, 0.717) is 23.6 Å². The Morgan fingerprint density at radius 2 is 2.04 bits per heavy atom. The Balaban J connectivity index is 0.00000338. The van der Waals surface area contributed by atoms with Crippen molar-refractivity contribution in [1.82, 2.24) is 20.8 Å². The van der Waals surface area contributed by atoms with Crippen LogP contribution in [0.5, 0.6) is 0 Å². The van der Waals surface area contributed by atoms with E-state index in [9.17, 15) is 0 Å². The van der Waals surface area contributed by atoms with Crippen LogP contribution in [0.3, 0.4) is 0 Å². The van der Waals surface area contributed by atoms with Gasteiger partial charge in [-0.2, -0.15) is 4.98 Å². The minimum atomic E-state index is 0. The third kappa shape index (κ3) is 7.77. The van der Waals surface area contributed by atoms with E-state index in [1.54, 1.807) is 0 Å². The van der Waals surface area contributed by atoms with Crippen molar-refractivity contribution in [2.45, 2.75) is 59.3 Å². The van der Waals surface area contributed by atoms with Gasteiger partial charge in [0.05, 0.1) is 0 Å². The monoisotopic (exact) mass is 479 g/mol. The van der Waals surface area contributed by atoms with Crippen molar-refractivity contribution in [2.75, 3.05) is 32.8 Å². The average Bonchev–Trinajstić information content (AvgIpc) is 3.23. The van der Waals surface area contributed by atoms with E-state index in [1.807, 2.05) is 6.92 Å². The zero-order valence-corrected chi connectivity index (χ0v) is 18.7. The summed E-state index contributed by atoms with van der Waals surface area (Å²) in [6, 6.07) is 0. The van der Waals surface area contributed by atoms with Crippen molar-refractivity contribution in [3.63, 3.8) is 0 Å². The topological polar surface area (TPSA) is 84.6 Å². The second-order valence-corrected chi connectivity index (χ2v) is 6.76. The van der Waals surface area contributed by atoms with Crippen LogP contribution in [0.15, 0.2) is 9.52 Å². The number of nitrogens with zero attached hydrogens (tertiary/aromatic N) is 3. The fourth-order valence-corrected chi connectivity index (χ4v) is 3.36. The predicted molar refractivity (Wildman–Crippen MR) is 114 cm³/mol. The second kappa shape index (κ2) is 12.5. The molecule has 0 unspecified atom stereocenters. The molecule has 2 N–H and O–H groups in total. The molecule has 7 nitrogen and oxygen atoms in total. The molecule has 0 amide bonds. The summed E-state index contributed by atoms with van der Waals surface area (Å²) in [7, 11) is 0. The van der Waals surface area contributed by atoms with E-state index >= 15 is 0 Å². The Labute approximate surface area is 174 Å². The molecule has 26 heavy (non-hydrogen) atoms. The van der Waals surface area contributed by atoms with E-state index in [1.165, 1.54) is 25.7 Å². The molecule has 0 radical (unpaired) electrons. The quantitative estimate of drug-likeness (QED) is 0.232. The molecule has 0 spiro atoms. The SMILES string of the molecule is CCNC(=NCC1(CCOCC)CCCC1)NCCc1nc(C)no1.I. The van der Waals surface area contributed by atoms with Crippen LogP contribution in [0.2, 0.25) is 0 Å². The molecule has 0 aromatic carbocycles. The molecule has 8 heteroatoms. The number of aryl methyl sites for hydroxylation is 1. The van der Waals surface area contributed by atoms with Gasteiger partial charge in [-0.05, 0) is 45.4 Å². The van der Waals surface area contributed by atoms with Gasteiger partial charge >= 0.3 is 0 Å². The first-order valence-electron chi connectivity index (χ1n) is 9.56. The van der Waals surface area contributed by atoms with Crippen LogP contribution in [0.4, 0.5) is 0 Å². The maximum absolute atomic E-state index is 5.59. The first kappa shape index (κ1) is 23.1. The van der Waals surface area contributed by atoms with E-state index < -0.39 is 0 Å². The number of rotatable bonds is 10. The number of halogens is 1. The molecular formula is C18H34IN5O2. The number of hydrogen-bond donors (Lipinski definition) is 2. The summed E-state index contributed by atoms with van der Waals surface area (Å²) in [5.41, 5.74) is 0.307. The van der Waals surface area contributed by atoms with Gasteiger partial charge in [-0.3, -0.25) is 4.99 Å². The summed E-state index contributed by atoms with van der Waals surface area (Å²) in [5.74, 6) is 2.19. The minimum Gasteiger partial charge on any atom is -0.382 e. The molecule has 1 aromatic heterocycles. The standard InChI is InChI=1S/C18H33N5O2.HI/c1-4-19-17(20-12-8-16-22-15(3)23-25-16)21-14-18(9-6-7-10-18)11-13-24-5-2;/h4-14H2,1-3H3,(H2,19,20,21);1H. The molecule has 2 rings (SSSR count). The highest BCUT2D eigenvalue weighted by Crippen LogP contribution is 2.41. The number of hydrogen-bond acceptors (Lipinski definition) is 5. The van der Waals surface area contributed by atoms with Crippen molar-refractivity contribution >= 4 is 29.9 Å². The molecule has 0 atom stereocenters. The molecule has 0 bridgehead atoms. The largest absolute Gasteiger partial charge is 0.382 e. The highest BCUT2D eigenvalue weighted by Gasteiger charge is 2.33. The molecule has 1 aliphatic rings. The highest BCUT2D eigenvalue weighted by molar-refractivity contribution is 14.0. The van der Waals surface area contributed by atoms with Crippen molar-refractivity contribution in [3.8, 4) is 0 Å². The number of aromatic nitrogens is 2. The van der Waals surface area contributed by atoms with E-state index in [2.05, 4.69) is 34.6 Å². The zero-order valence-electron chi connectivity index (χ0n) is 16.3. The Morgan fingerprint density at radius 1 is 1.27 bits per heavy atom. The smallest absolute Gasteiger partial charge is 0.228 e. The Kier molecular flexibility index (Phi) is 11.1. The second-order valence-electron chi connectivity index (χ2n) is 6.76. The highest BCUT2D eigenvalue weighted by atomic mass is 127. The minimum absolute atomic E-state index is 0. The summed E-state index contributed by atoms with van der Waals surface area (Å²) in [4.78, 5) is 9.08.